The highest BCUT2D eigenvalue weighted by Gasteiger charge is 2.15. The standard InChI is InChI=1S/C24H19N3/c25-17-9-5-15(6-10-17)19-13-14-21-20-3-1-2-4-22(20)27-24(21)23(19)16-7-11-18(26)12-8-16/h1-14,27H,25-26H2. The summed E-state index contributed by atoms with van der Waals surface area (Å²) in [5.74, 6) is 0. The Bertz CT molecular complexity index is 1260. The summed E-state index contributed by atoms with van der Waals surface area (Å²) >= 11 is 0. The van der Waals surface area contributed by atoms with Crippen LogP contribution < -0.4 is 11.5 Å². The van der Waals surface area contributed by atoms with Gasteiger partial charge in [0.15, 0.2) is 0 Å². The molecule has 3 heteroatoms. The minimum Gasteiger partial charge on any atom is -0.399 e. The van der Waals surface area contributed by atoms with E-state index in [2.05, 4.69) is 65.6 Å². The third kappa shape index (κ3) is 2.52. The molecule has 0 radical (unpaired) electrons. The van der Waals surface area contributed by atoms with Crippen molar-refractivity contribution in [3.05, 3.63) is 84.9 Å². The Morgan fingerprint density at radius 2 is 1.19 bits per heavy atom. The lowest BCUT2D eigenvalue weighted by Gasteiger charge is -2.13. The average Bonchev–Trinajstić information content (AvgIpc) is 3.07. The van der Waals surface area contributed by atoms with E-state index >= 15 is 0 Å². The molecule has 0 amide bonds. The maximum Gasteiger partial charge on any atom is 0.0550 e. The van der Waals surface area contributed by atoms with Crippen LogP contribution in [0.15, 0.2) is 84.9 Å². The van der Waals surface area contributed by atoms with Crippen LogP contribution in [-0.2, 0) is 0 Å². The van der Waals surface area contributed by atoms with Crippen LogP contribution in [0.2, 0.25) is 0 Å². The van der Waals surface area contributed by atoms with Crippen LogP contribution in [0.3, 0.4) is 0 Å². The van der Waals surface area contributed by atoms with Crippen molar-refractivity contribution in [2.24, 2.45) is 0 Å². The van der Waals surface area contributed by atoms with Gasteiger partial charge in [-0.2, -0.15) is 0 Å². The summed E-state index contributed by atoms with van der Waals surface area (Å²) in [6.07, 6.45) is 0. The molecular formula is C24H19N3. The first-order chi connectivity index (χ1) is 13.2. The summed E-state index contributed by atoms with van der Waals surface area (Å²) in [5, 5.41) is 2.45. The summed E-state index contributed by atoms with van der Waals surface area (Å²) in [6, 6.07) is 28.9. The van der Waals surface area contributed by atoms with Crippen LogP contribution in [0.1, 0.15) is 0 Å². The Labute approximate surface area is 157 Å². The number of anilines is 2. The number of aromatic nitrogens is 1. The summed E-state index contributed by atoms with van der Waals surface area (Å²) in [6.45, 7) is 0. The molecule has 0 saturated carbocycles. The molecule has 0 aliphatic heterocycles. The van der Waals surface area contributed by atoms with E-state index in [1.165, 1.54) is 21.9 Å². The van der Waals surface area contributed by atoms with Crippen molar-refractivity contribution in [2.75, 3.05) is 11.5 Å². The van der Waals surface area contributed by atoms with Gasteiger partial charge in [0.25, 0.3) is 0 Å². The lowest BCUT2D eigenvalue weighted by Crippen LogP contribution is -1.90. The van der Waals surface area contributed by atoms with Crippen molar-refractivity contribution in [3.63, 3.8) is 0 Å². The van der Waals surface area contributed by atoms with Crippen LogP contribution in [0.5, 0.6) is 0 Å². The first-order valence-electron chi connectivity index (χ1n) is 8.96. The van der Waals surface area contributed by atoms with E-state index in [1.807, 2.05) is 24.3 Å². The summed E-state index contributed by atoms with van der Waals surface area (Å²) < 4.78 is 0. The summed E-state index contributed by atoms with van der Waals surface area (Å²) in [5.41, 5.74) is 20.2. The molecule has 27 heavy (non-hydrogen) atoms. The van der Waals surface area contributed by atoms with Gasteiger partial charge >= 0.3 is 0 Å². The van der Waals surface area contributed by atoms with Gasteiger partial charge in [0.2, 0.25) is 0 Å². The van der Waals surface area contributed by atoms with Gasteiger partial charge in [0, 0.05) is 33.2 Å². The van der Waals surface area contributed by atoms with Gasteiger partial charge in [-0.1, -0.05) is 54.6 Å². The molecule has 1 heterocycles. The molecule has 0 aliphatic carbocycles. The van der Waals surface area contributed by atoms with E-state index < -0.39 is 0 Å². The van der Waals surface area contributed by atoms with Crippen LogP contribution in [0.25, 0.3) is 44.1 Å². The molecule has 0 atom stereocenters. The molecule has 0 unspecified atom stereocenters. The largest absolute Gasteiger partial charge is 0.399 e. The fourth-order valence-corrected chi connectivity index (χ4v) is 3.77. The van der Waals surface area contributed by atoms with Crippen molar-refractivity contribution in [3.8, 4) is 22.3 Å². The molecule has 130 valence electrons. The Kier molecular flexibility index (Phi) is 3.41. The maximum absolute atomic E-state index is 5.92. The average molecular weight is 349 g/mol. The highest BCUT2D eigenvalue weighted by atomic mass is 14.7. The van der Waals surface area contributed by atoms with Crippen molar-refractivity contribution in [2.45, 2.75) is 0 Å². The number of rotatable bonds is 2. The van der Waals surface area contributed by atoms with Crippen molar-refractivity contribution in [1.82, 2.24) is 4.98 Å². The lowest BCUT2D eigenvalue weighted by atomic mass is 9.92. The number of H-pyrrole nitrogens is 1. The van der Waals surface area contributed by atoms with Crippen molar-refractivity contribution >= 4 is 33.2 Å². The third-order valence-electron chi connectivity index (χ3n) is 5.10. The van der Waals surface area contributed by atoms with Gasteiger partial charge in [0.1, 0.15) is 0 Å². The van der Waals surface area contributed by atoms with E-state index in [1.54, 1.807) is 0 Å². The second-order valence-electron chi connectivity index (χ2n) is 6.83. The first kappa shape index (κ1) is 15.5. The molecule has 0 saturated heterocycles. The van der Waals surface area contributed by atoms with Gasteiger partial charge < -0.3 is 16.5 Å². The summed E-state index contributed by atoms with van der Waals surface area (Å²) in [4.78, 5) is 3.63. The molecule has 3 nitrogen and oxygen atoms in total. The number of hydrogen-bond donors (Lipinski definition) is 3. The molecule has 0 aliphatic rings. The first-order valence-corrected chi connectivity index (χ1v) is 8.96. The molecule has 4 aromatic carbocycles. The fourth-order valence-electron chi connectivity index (χ4n) is 3.77. The van der Waals surface area contributed by atoms with Crippen LogP contribution in [0, 0.1) is 0 Å². The second-order valence-corrected chi connectivity index (χ2v) is 6.83. The number of nitrogens with two attached hydrogens (primary N) is 2. The minimum atomic E-state index is 0.761. The van der Waals surface area contributed by atoms with E-state index in [0.29, 0.717) is 0 Å². The molecule has 5 aromatic rings. The number of nitrogens with one attached hydrogen (secondary N) is 1. The van der Waals surface area contributed by atoms with E-state index in [0.717, 1.165) is 33.5 Å². The number of fused-ring (bicyclic) bond motifs is 3. The molecule has 5 rings (SSSR count). The number of aromatic amines is 1. The number of para-hydroxylation sites is 1. The number of hydrogen-bond acceptors (Lipinski definition) is 2. The zero-order chi connectivity index (χ0) is 18.4. The van der Waals surface area contributed by atoms with Gasteiger partial charge in [-0.25, -0.2) is 0 Å². The zero-order valence-corrected chi connectivity index (χ0v) is 14.7. The van der Waals surface area contributed by atoms with Gasteiger partial charge in [-0.3, -0.25) is 0 Å². The van der Waals surface area contributed by atoms with Crippen LogP contribution in [0.4, 0.5) is 11.4 Å². The summed E-state index contributed by atoms with van der Waals surface area (Å²) in [7, 11) is 0. The molecule has 0 fully saturated rings. The smallest absolute Gasteiger partial charge is 0.0550 e. The van der Waals surface area contributed by atoms with Crippen molar-refractivity contribution < 1.29 is 0 Å². The Balaban J connectivity index is 1.89. The van der Waals surface area contributed by atoms with Gasteiger partial charge in [0.05, 0.1) is 5.52 Å². The predicted octanol–water partition coefficient (Wildman–Crippen LogP) is 5.82. The highest BCUT2D eigenvalue weighted by molar-refractivity contribution is 6.14. The minimum absolute atomic E-state index is 0.761. The quantitative estimate of drug-likeness (QED) is 0.352. The zero-order valence-electron chi connectivity index (χ0n) is 14.7. The van der Waals surface area contributed by atoms with Crippen LogP contribution in [-0.4, -0.2) is 4.98 Å². The van der Waals surface area contributed by atoms with Gasteiger partial charge in [-0.15, -0.1) is 0 Å². The van der Waals surface area contributed by atoms with Crippen LogP contribution >= 0.6 is 0 Å². The van der Waals surface area contributed by atoms with E-state index in [9.17, 15) is 0 Å². The Hall–Kier alpha value is -3.72. The normalized spacial score (nSPS) is 11.3. The Morgan fingerprint density at radius 1 is 0.556 bits per heavy atom. The molecule has 0 bridgehead atoms. The maximum atomic E-state index is 5.92. The lowest BCUT2D eigenvalue weighted by molar-refractivity contribution is 1.53. The molecule has 1 aromatic heterocycles. The SMILES string of the molecule is Nc1ccc(-c2ccc3c([nH]c4ccccc43)c2-c2ccc(N)cc2)cc1. The fraction of sp³-hybridized carbons (Fsp3) is 0. The second kappa shape index (κ2) is 5.92. The van der Waals surface area contributed by atoms with Crippen molar-refractivity contribution in [1.29, 1.82) is 0 Å². The van der Waals surface area contributed by atoms with Gasteiger partial charge in [-0.05, 0) is 47.0 Å². The molecule has 0 spiro atoms. The van der Waals surface area contributed by atoms with E-state index in [-0.39, 0.29) is 0 Å². The predicted molar refractivity (Wildman–Crippen MR) is 116 cm³/mol. The Morgan fingerprint density at radius 3 is 1.89 bits per heavy atom. The molecular weight excluding hydrogens is 330 g/mol. The monoisotopic (exact) mass is 349 g/mol. The highest BCUT2D eigenvalue weighted by Crippen LogP contribution is 2.40. The number of nitrogen functional groups attached to an aromatic ring is 2. The van der Waals surface area contributed by atoms with E-state index in [4.69, 9.17) is 11.5 Å². The topological polar surface area (TPSA) is 67.8 Å². The molecule has 5 N–H and O–H groups in total. The third-order valence-corrected chi connectivity index (χ3v) is 5.10. The number of benzene rings is 4.